The van der Waals surface area contributed by atoms with Crippen molar-refractivity contribution in [2.75, 3.05) is 39.3 Å². The van der Waals surface area contributed by atoms with Gasteiger partial charge >= 0.3 is 5.97 Å². The van der Waals surface area contributed by atoms with Gasteiger partial charge in [-0.1, -0.05) is 15.9 Å². The molecule has 3 aliphatic heterocycles. The lowest BCUT2D eigenvalue weighted by atomic mass is 10.0. The average Bonchev–Trinajstić information content (AvgIpc) is 3.51. The average molecular weight is 527 g/mol. The standard InChI is InChI=1S/C12H13N3O2.C7H4Br2O3/c16-9-7-8(13-1-2-13)12(17)11(15-5-6-15)10(9)14-3-4-14;8-3-1-4(7(11)12)6(10)5(9)2-3/h7H,1-6H2;1-2,10H,(H,11,12). The number of carbonyl (C=O) groups is 3. The van der Waals surface area contributed by atoms with E-state index in [1.165, 1.54) is 12.1 Å². The molecule has 10 heteroatoms. The van der Waals surface area contributed by atoms with E-state index in [9.17, 15) is 19.5 Å². The number of phenols is 1. The first kappa shape index (κ1) is 20.0. The Hall–Kier alpha value is -2.33. The van der Waals surface area contributed by atoms with Crippen LogP contribution >= 0.6 is 31.9 Å². The lowest BCUT2D eigenvalue weighted by molar-refractivity contribution is -0.117. The third-order valence-corrected chi connectivity index (χ3v) is 5.81. The second kappa shape index (κ2) is 7.49. The summed E-state index contributed by atoms with van der Waals surface area (Å²) < 4.78 is 0.957. The van der Waals surface area contributed by atoms with Gasteiger partial charge in [0.2, 0.25) is 11.6 Å². The Labute approximate surface area is 183 Å². The fourth-order valence-electron chi connectivity index (χ4n) is 3.00. The van der Waals surface area contributed by atoms with Crippen molar-refractivity contribution in [3.63, 3.8) is 0 Å². The van der Waals surface area contributed by atoms with Crippen molar-refractivity contribution < 1.29 is 24.6 Å². The van der Waals surface area contributed by atoms with Crippen LogP contribution in [0.5, 0.6) is 5.75 Å². The number of benzene rings is 1. The normalized spacial score (nSPS) is 19.7. The van der Waals surface area contributed by atoms with Crippen molar-refractivity contribution >= 4 is 49.4 Å². The van der Waals surface area contributed by atoms with Gasteiger partial charge < -0.3 is 24.9 Å². The van der Waals surface area contributed by atoms with E-state index in [4.69, 9.17) is 5.11 Å². The minimum Gasteiger partial charge on any atom is -0.506 e. The molecule has 2 N–H and O–H groups in total. The van der Waals surface area contributed by atoms with Crippen LogP contribution in [0.3, 0.4) is 0 Å². The van der Waals surface area contributed by atoms with Crippen LogP contribution in [0.25, 0.3) is 0 Å². The van der Waals surface area contributed by atoms with E-state index in [0.717, 1.165) is 39.3 Å². The molecule has 8 nitrogen and oxygen atoms in total. The van der Waals surface area contributed by atoms with E-state index >= 15 is 0 Å². The lowest BCUT2D eigenvalue weighted by Crippen LogP contribution is -2.29. The molecule has 0 amide bonds. The number of aromatic carboxylic acids is 1. The lowest BCUT2D eigenvalue weighted by Gasteiger charge is -2.21. The van der Waals surface area contributed by atoms with Crippen molar-refractivity contribution in [1.29, 1.82) is 0 Å². The van der Waals surface area contributed by atoms with Crippen LogP contribution in [-0.4, -0.2) is 81.7 Å². The number of rotatable bonds is 4. The number of nitrogens with zero attached hydrogens (tertiary/aromatic N) is 3. The number of ketones is 2. The maximum Gasteiger partial charge on any atom is 0.339 e. The van der Waals surface area contributed by atoms with Gasteiger partial charge in [0.15, 0.2) is 0 Å². The zero-order valence-electron chi connectivity index (χ0n) is 15.2. The van der Waals surface area contributed by atoms with Gasteiger partial charge in [0.05, 0.1) is 10.2 Å². The monoisotopic (exact) mass is 525 g/mol. The van der Waals surface area contributed by atoms with Crippen LogP contribution in [0.1, 0.15) is 10.4 Å². The molecular formula is C19H17Br2N3O5. The van der Waals surface area contributed by atoms with Gasteiger partial charge in [0.1, 0.15) is 22.7 Å². The summed E-state index contributed by atoms with van der Waals surface area (Å²) in [6.45, 7) is 5.41. The highest BCUT2D eigenvalue weighted by Gasteiger charge is 2.43. The van der Waals surface area contributed by atoms with Gasteiger partial charge in [-0.15, -0.1) is 0 Å². The van der Waals surface area contributed by atoms with Crippen molar-refractivity contribution in [2.24, 2.45) is 0 Å². The van der Waals surface area contributed by atoms with Crippen LogP contribution in [0.15, 0.2) is 44.2 Å². The molecule has 29 heavy (non-hydrogen) atoms. The van der Waals surface area contributed by atoms with E-state index in [1.807, 2.05) is 14.7 Å². The summed E-state index contributed by atoms with van der Waals surface area (Å²) in [5, 5.41) is 17.9. The van der Waals surface area contributed by atoms with Crippen LogP contribution in [0, 0.1) is 0 Å². The quantitative estimate of drug-likeness (QED) is 0.452. The Bertz CT molecular complexity index is 992. The van der Waals surface area contributed by atoms with Gasteiger partial charge in [0, 0.05) is 49.8 Å². The molecule has 3 heterocycles. The van der Waals surface area contributed by atoms with Crippen LogP contribution in [0.2, 0.25) is 0 Å². The molecule has 0 bridgehead atoms. The Morgan fingerprint density at radius 1 is 0.897 bits per heavy atom. The molecule has 4 aliphatic rings. The molecule has 0 radical (unpaired) electrons. The van der Waals surface area contributed by atoms with Crippen molar-refractivity contribution in [2.45, 2.75) is 0 Å². The zero-order valence-corrected chi connectivity index (χ0v) is 18.4. The highest BCUT2D eigenvalue weighted by Crippen LogP contribution is 2.34. The number of halogens is 2. The summed E-state index contributed by atoms with van der Waals surface area (Å²) in [6.07, 6.45) is 1.52. The first-order valence-electron chi connectivity index (χ1n) is 8.99. The van der Waals surface area contributed by atoms with Crippen molar-refractivity contribution in [1.82, 2.24) is 14.7 Å². The highest BCUT2D eigenvalue weighted by molar-refractivity contribution is 9.11. The smallest absolute Gasteiger partial charge is 0.339 e. The van der Waals surface area contributed by atoms with E-state index in [-0.39, 0.29) is 22.9 Å². The van der Waals surface area contributed by atoms with E-state index in [0.29, 0.717) is 26.0 Å². The Morgan fingerprint density at radius 3 is 1.97 bits per heavy atom. The Balaban J connectivity index is 0.000000152. The number of carboxylic acid groups (broad SMARTS) is 1. The molecular weight excluding hydrogens is 510 g/mol. The second-order valence-corrected chi connectivity index (χ2v) is 8.74. The van der Waals surface area contributed by atoms with Crippen LogP contribution < -0.4 is 0 Å². The van der Waals surface area contributed by atoms with Gasteiger partial charge in [-0.25, -0.2) is 4.79 Å². The predicted octanol–water partition coefficient (Wildman–Crippen LogP) is 1.80. The number of carboxylic acids is 1. The maximum atomic E-state index is 12.4. The number of hydrogen-bond donors (Lipinski definition) is 2. The topological polar surface area (TPSA) is 101 Å². The van der Waals surface area contributed by atoms with Gasteiger partial charge in [0.25, 0.3) is 0 Å². The molecule has 0 atom stereocenters. The largest absolute Gasteiger partial charge is 0.506 e. The summed E-state index contributed by atoms with van der Waals surface area (Å²) >= 11 is 6.13. The molecule has 3 fully saturated rings. The highest BCUT2D eigenvalue weighted by atomic mass is 79.9. The number of aromatic hydroxyl groups is 1. The summed E-state index contributed by atoms with van der Waals surface area (Å²) in [5.74, 6) is -1.37. The van der Waals surface area contributed by atoms with E-state index in [2.05, 4.69) is 31.9 Å². The predicted molar refractivity (Wildman–Crippen MR) is 110 cm³/mol. The number of allylic oxidation sites excluding steroid dienone is 1. The molecule has 1 aliphatic carbocycles. The molecule has 0 aromatic heterocycles. The fourth-order valence-corrected chi connectivity index (χ4v) is 4.23. The molecule has 0 spiro atoms. The van der Waals surface area contributed by atoms with E-state index in [1.54, 1.807) is 6.07 Å². The molecule has 152 valence electrons. The third kappa shape index (κ3) is 4.18. The zero-order chi connectivity index (χ0) is 20.9. The van der Waals surface area contributed by atoms with Crippen LogP contribution in [-0.2, 0) is 9.59 Å². The summed E-state index contributed by atoms with van der Waals surface area (Å²) in [7, 11) is 0. The molecule has 0 saturated carbocycles. The minimum atomic E-state index is -1.16. The first-order chi connectivity index (χ1) is 13.8. The van der Waals surface area contributed by atoms with E-state index < -0.39 is 5.97 Å². The number of carbonyl (C=O) groups excluding carboxylic acids is 2. The maximum absolute atomic E-state index is 12.4. The summed E-state index contributed by atoms with van der Waals surface area (Å²) in [6, 6.07) is 2.91. The second-order valence-electron chi connectivity index (χ2n) is 6.97. The Kier molecular flexibility index (Phi) is 5.16. The Morgan fingerprint density at radius 2 is 1.45 bits per heavy atom. The van der Waals surface area contributed by atoms with Crippen molar-refractivity contribution in [3.05, 3.63) is 49.8 Å². The summed E-state index contributed by atoms with van der Waals surface area (Å²) in [4.78, 5) is 41.0. The molecule has 5 rings (SSSR count). The van der Waals surface area contributed by atoms with Gasteiger partial charge in [-0.05, 0) is 28.1 Å². The molecule has 3 saturated heterocycles. The third-order valence-electron chi connectivity index (χ3n) is 4.75. The number of Topliss-reactive ketones (excluding diaryl/α,β-unsaturated/α-hetero) is 1. The fraction of sp³-hybridized carbons (Fsp3) is 0.316. The molecule has 1 aromatic carbocycles. The minimum absolute atomic E-state index is 0.00546. The van der Waals surface area contributed by atoms with Gasteiger partial charge in [-0.2, -0.15) is 0 Å². The van der Waals surface area contributed by atoms with Gasteiger partial charge in [-0.3, -0.25) is 9.59 Å². The van der Waals surface area contributed by atoms with Crippen LogP contribution in [0.4, 0.5) is 0 Å². The molecule has 1 aromatic rings. The number of hydrogen-bond acceptors (Lipinski definition) is 7. The molecule has 0 unspecified atom stereocenters. The summed E-state index contributed by atoms with van der Waals surface area (Å²) in [5.41, 5.74) is 1.76. The SMILES string of the molecule is O=C(O)c1cc(Br)cc(Br)c1O.O=C1C=C(N2CC2)C(=O)C(N2CC2)=C1N1CC1. The van der Waals surface area contributed by atoms with Crippen molar-refractivity contribution in [3.8, 4) is 5.75 Å². The first-order valence-corrected chi connectivity index (χ1v) is 10.6.